The van der Waals surface area contributed by atoms with Gasteiger partial charge < -0.3 is 15.2 Å². The number of methoxy groups -OCH3 is 1. The van der Waals surface area contributed by atoms with E-state index < -0.39 is 22.8 Å². The number of rotatable bonds is 6. The van der Waals surface area contributed by atoms with Crippen LogP contribution in [-0.4, -0.2) is 35.1 Å². The van der Waals surface area contributed by atoms with Crippen molar-refractivity contribution in [3.8, 4) is 5.75 Å². The van der Waals surface area contributed by atoms with Gasteiger partial charge in [0.05, 0.1) is 17.6 Å². The van der Waals surface area contributed by atoms with E-state index in [4.69, 9.17) is 9.84 Å². The average molecular weight is 296 g/mol. The van der Waals surface area contributed by atoms with Gasteiger partial charge in [-0.1, -0.05) is 19.9 Å². The molecule has 0 heterocycles. The summed E-state index contributed by atoms with van der Waals surface area (Å²) in [7, 11) is 1.20. The summed E-state index contributed by atoms with van der Waals surface area (Å²) in [5, 5.41) is 22.3. The van der Waals surface area contributed by atoms with Crippen molar-refractivity contribution in [2.24, 2.45) is 5.92 Å². The van der Waals surface area contributed by atoms with Gasteiger partial charge in [-0.3, -0.25) is 14.9 Å². The van der Waals surface area contributed by atoms with Crippen molar-refractivity contribution in [2.75, 3.05) is 7.11 Å². The van der Waals surface area contributed by atoms with Crippen molar-refractivity contribution in [1.29, 1.82) is 0 Å². The van der Waals surface area contributed by atoms with Crippen LogP contribution in [0.2, 0.25) is 0 Å². The van der Waals surface area contributed by atoms with Crippen molar-refractivity contribution in [2.45, 2.75) is 19.9 Å². The predicted octanol–water partition coefficient (Wildman–Crippen LogP) is 1.44. The molecular weight excluding hydrogens is 280 g/mol. The van der Waals surface area contributed by atoms with Gasteiger partial charge in [0.1, 0.15) is 6.04 Å². The van der Waals surface area contributed by atoms with E-state index in [-0.39, 0.29) is 22.9 Å². The molecule has 0 unspecified atom stereocenters. The van der Waals surface area contributed by atoms with Crippen LogP contribution in [0.5, 0.6) is 5.75 Å². The number of nitrogens with zero attached hydrogens (tertiary/aromatic N) is 1. The molecule has 1 rings (SSSR count). The second kappa shape index (κ2) is 6.69. The fourth-order valence-electron chi connectivity index (χ4n) is 1.79. The molecule has 0 aliphatic heterocycles. The third-order valence-electron chi connectivity index (χ3n) is 2.86. The number of nitro groups is 1. The number of para-hydroxylation sites is 1. The van der Waals surface area contributed by atoms with Crippen molar-refractivity contribution in [1.82, 2.24) is 5.32 Å². The van der Waals surface area contributed by atoms with Gasteiger partial charge in [-0.15, -0.1) is 0 Å². The van der Waals surface area contributed by atoms with E-state index in [2.05, 4.69) is 5.32 Å². The summed E-state index contributed by atoms with van der Waals surface area (Å²) in [4.78, 5) is 33.4. The SMILES string of the molecule is COc1c(C(=O)N[C@H](C(=O)O)C(C)C)cccc1[N+](=O)[O-]. The molecule has 0 radical (unpaired) electrons. The third kappa shape index (κ3) is 3.68. The summed E-state index contributed by atoms with van der Waals surface area (Å²) >= 11 is 0. The lowest BCUT2D eigenvalue weighted by atomic mass is 10.0. The van der Waals surface area contributed by atoms with Crippen LogP contribution in [0, 0.1) is 16.0 Å². The lowest BCUT2D eigenvalue weighted by molar-refractivity contribution is -0.385. The van der Waals surface area contributed by atoms with Crippen LogP contribution in [0.15, 0.2) is 18.2 Å². The molecule has 0 spiro atoms. The molecule has 1 amide bonds. The summed E-state index contributed by atoms with van der Waals surface area (Å²) in [6.07, 6.45) is 0. The summed E-state index contributed by atoms with van der Waals surface area (Å²) in [5.41, 5.74) is -0.444. The zero-order valence-corrected chi connectivity index (χ0v) is 11.8. The molecule has 0 aromatic heterocycles. The number of carboxylic acid groups (broad SMARTS) is 1. The Labute approximate surface area is 120 Å². The molecule has 1 atom stereocenters. The molecule has 0 saturated carbocycles. The van der Waals surface area contributed by atoms with Crippen LogP contribution in [0.4, 0.5) is 5.69 Å². The van der Waals surface area contributed by atoms with Crippen LogP contribution >= 0.6 is 0 Å². The van der Waals surface area contributed by atoms with Gasteiger partial charge in [-0.25, -0.2) is 4.79 Å². The molecule has 2 N–H and O–H groups in total. The Morgan fingerprint density at radius 2 is 2.00 bits per heavy atom. The molecule has 21 heavy (non-hydrogen) atoms. The molecular formula is C13H16N2O6. The number of nitro benzene ring substituents is 1. The maximum Gasteiger partial charge on any atom is 0.326 e. The molecule has 0 aliphatic carbocycles. The quantitative estimate of drug-likeness (QED) is 0.605. The van der Waals surface area contributed by atoms with E-state index >= 15 is 0 Å². The molecule has 114 valence electrons. The number of nitrogens with one attached hydrogen (secondary N) is 1. The van der Waals surface area contributed by atoms with Crippen LogP contribution in [0.1, 0.15) is 24.2 Å². The zero-order valence-electron chi connectivity index (χ0n) is 11.8. The first-order valence-corrected chi connectivity index (χ1v) is 6.14. The standard InChI is InChI=1S/C13H16N2O6/c1-7(2)10(13(17)18)14-12(16)8-5-4-6-9(15(19)20)11(8)21-3/h4-7,10H,1-3H3,(H,14,16)(H,17,18)/t10-/m0/s1. The third-order valence-corrected chi connectivity index (χ3v) is 2.86. The largest absolute Gasteiger partial charge is 0.490 e. The molecule has 0 aliphatic rings. The van der Waals surface area contributed by atoms with Gasteiger partial charge in [0.2, 0.25) is 5.75 Å². The van der Waals surface area contributed by atoms with Gasteiger partial charge in [0, 0.05) is 6.07 Å². The smallest absolute Gasteiger partial charge is 0.326 e. The Hall–Kier alpha value is -2.64. The molecule has 8 heteroatoms. The summed E-state index contributed by atoms with van der Waals surface area (Å²) < 4.78 is 4.91. The number of carbonyl (C=O) groups is 2. The fraction of sp³-hybridized carbons (Fsp3) is 0.385. The number of amides is 1. The molecule has 1 aromatic rings. The number of aliphatic carboxylic acids is 1. The van der Waals surface area contributed by atoms with Crippen LogP contribution in [-0.2, 0) is 4.79 Å². The van der Waals surface area contributed by atoms with Gasteiger partial charge in [-0.2, -0.15) is 0 Å². The molecule has 0 saturated heterocycles. The van der Waals surface area contributed by atoms with Crippen LogP contribution < -0.4 is 10.1 Å². The maximum absolute atomic E-state index is 12.1. The highest BCUT2D eigenvalue weighted by Crippen LogP contribution is 2.30. The minimum atomic E-state index is -1.18. The minimum Gasteiger partial charge on any atom is -0.490 e. The van der Waals surface area contributed by atoms with E-state index in [1.807, 2.05) is 0 Å². The molecule has 1 aromatic carbocycles. The van der Waals surface area contributed by atoms with Crippen molar-refractivity contribution in [3.63, 3.8) is 0 Å². The lowest BCUT2D eigenvalue weighted by Gasteiger charge is -2.18. The van der Waals surface area contributed by atoms with Crippen LogP contribution in [0.3, 0.4) is 0 Å². The number of carboxylic acids is 1. The first-order chi connectivity index (χ1) is 9.79. The second-order valence-electron chi connectivity index (χ2n) is 4.65. The maximum atomic E-state index is 12.1. The van der Waals surface area contributed by atoms with Gasteiger partial charge in [0.15, 0.2) is 0 Å². The summed E-state index contributed by atoms with van der Waals surface area (Å²) in [6.45, 7) is 3.29. The first kappa shape index (κ1) is 16.4. The number of carbonyl (C=O) groups excluding carboxylic acids is 1. The molecule has 8 nitrogen and oxygen atoms in total. The Morgan fingerprint density at radius 3 is 2.43 bits per heavy atom. The monoisotopic (exact) mass is 296 g/mol. The lowest BCUT2D eigenvalue weighted by Crippen LogP contribution is -2.44. The minimum absolute atomic E-state index is 0.0846. The highest BCUT2D eigenvalue weighted by molar-refractivity contribution is 6.00. The highest BCUT2D eigenvalue weighted by atomic mass is 16.6. The summed E-state index contributed by atoms with van der Waals surface area (Å²) in [6, 6.07) is 2.77. The first-order valence-electron chi connectivity index (χ1n) is 6.14. The summed E-state index contributed by atoms with van der Waals surface area (Å²) in [5.74, 6) is -2.46. The van der Waals surface area contributed by atoms with Gasteiger partial charge in [-0.05, 0) is 12.0 Å². The van der Waals surface area contributed by atoms with Crippen molar-refractivity contribution >= 4 is 17.6 Å². The van der Waals surface area contributed by atoms with E-state index in [1.165, 1.54) is 25.3 Å². The van der Waals surface area contributed by atoms with E-state index in [0.29, 0.717) is 0 Å². The number of ether oxygens (including phenoxy) is 1. The molecule has 0 bridgehead atoms. The van der Waals surface area contributed by atoms with Gasteiger partial charge in [0.25, 0.3) is 5.91 Å². The Kier molecular flexibility index (Phi) is 5.23. The Balaban J connectivity index is 3.16. The van der Waals surface area contributed by atoms with E-state index in [1.54, 1.807) is 13.8 Å². The van der Waals surface area contributed by atoms with E-state index in [9.17, 15) is 19.7 Å². The van der Waals surface area contributed by atoms with Gasteiger partial charge >= 0.3 is 11.7 Å². The number of hydrogen-bond acceptors (Lipinski definition) is 5. The Bertz CT molecular complexity index is 570. The van der Waals surface area contributed by atoms with Crippen molar-refractivity contribution in [3.05, 3.63) is 33.9 Å². The van der Waals surface area contributed by atoms with Crippen LogP contribution in [0.25, 0.3) is 0 Å². The normalized spacial score (nSPS) is 11.8. The second-order valence-corrected chi connectivity index (χ2v) is 4.65. The topological polar surface area (TPSA) is 119 Å². The Morgan fingerprint density at radius 1 is 1.38 bits per heavy atom. The average Bonchev–Trinajstić information content (AvgIpc) is 2.42. The number of hydrogen-bond donors (Lipinski definition) is 2. The zero-order chi connectivity index (χ0) is 16.2. The highest BCUT2D eigenvalue weighted by Gasteiger charge is 2.27. The number of benzene rings is 1. The van der Waals surface area contributed by atoms with Crippen molar-refractivity contribution < 1.29 is 24.4 Å². The fourth-order valence-corrected chi connectivity index (χ4v) is 1.79. The molecule has 0 fully saturated rings. The van der Waals surface area contributed by atoms with E-state index in [0.717, 1.165) is 0 Å². The predicted molar refractivity (Wildman–Crippen MR) is 73.4 cm³/mol.